The van der Waals surface area contributed by atoms with Crippen LogP contribution >= 0.6 is 11.3 Å². The largest absolute Gasteiger partial charge is 0.447 e. The molecule has 102 valence electrons. The molecule has 2 heterocycles. The minimum absolute atomic E-state index is 0.131. The number of rotatable bonds is 3. The van der Waals surface area contributed by atoms with Crippen molar-refractivity contribution in [1.29, 1.82) is 0 Å². The van der Waals surface area contributed by atoms with Crippen molar-refractivity contribution < 1.29 is 14.3 Å². The van der Waals surface area contributed by atoms with Crippen molar-refractivity contribution in [1.82, 2.24) is 0 Å². The third-order valence-electron chi connectivity index (χ3n) is 2.94. The van der Waals surface area contributed by atoms with Crippen LogP contribution in [0.1, 0.15) is 9.67 Å². The number of carbonyl (C=O) groups excluding carboxylic acids is 2. The molecule has 0 atom stereocenters. The predicted octanol–water partition coefficient (Wildman–Crippen LogP) is 2.96. The highest BCUT2D eigenvalue weighted by Gasteiger charge is 2.23. The smallest absolute Gasteiger partial charge is 0.414 e. The highest BCUT2D eigenvalue weighted by Crippen LogP contribution is 2.21. The van der Waals surface area contributed by atoms with E-state index in [-0.39, 0.29) is 12.0 Å². The SMILES string of the molecule is O=C(Nc1ccc(N2CCOC2=O)cc1)c1cccs1. The van der Waals surface area contributed by atoms with E-state index < -0.39 is 0 Å². The number of hydrogen-bond acceptors (Lipinski definition) is 4. The number of amides is 2. The second kappa shape index (κ2) is 5.34. The van der Waals surface area contributed by atoms with Gasteiger partial charge in [-0.2, -0.15) is 0 Å². The zero-order valence-electron chi connectivity index (χ0n) is 10.5. The van der Waals surface area contributed by atoms with E-state index in [1.165, 1.54) is 11.3 Å². The monoisotopic (exact) mass is 288 g/mol. The molecule has 0 spiro atoms. The first-order valence-corrected chi connectivity index (χ1v) is 7.01. The van der Waals surface area contributed by atoms with Crippen LogP contribution in [0.15, 0.2) is 41.8 Å². The van der Waals surface area contributed by atoms with Gasteiger partial charge >= 0.3 is 6.09 Å². The van der Waals surface area contributed by atoms with Gasteiger partial charge in [0, 0.05) is 11.4 Å². The van der Waals surface area contributed by atoms with Crippen molar-refractivity contribution in [3.63, 3.8) is 0 Å². The van der Waals surface area contributed by atoms with Gasteiger partial charge in [0.05, 0.1) is 11.4 Å². The normalized spacial score (nSPS) is 14.2. The Labute approximate surface area is 119 Å². The van der Waals surface area contributed by atoms with Gasteiger partial charge in [0.2, 0.25) is 0 Å². The van der Waals surface area contributed by atoms with E-state index in [1.54, 1.807) is 35.2 Å². The predicted molar refractivity (Wildman–Crippen MR) is 77.4 cm³/mol. The summed E-state index contributed by atoms with van der Waals surface area (Å²) in [5.74, 6) is -0.131. The maximum atomic E-state index is 11.9. The molecule has 1 aliphatic rings. The van der Waals surface area contributed by atoms with Gasteiger partial charge in [-0.15, -0.1) is 11.3 Å². The molecular formula is C14H12N2O3S. The van der Waals surface area contributed by atoms with Crippen LogP contribution in [0.25, 0.3) is 0 Å². The summed E-state index contributed by atoms with van der Waals surface area (Å²) in [7, 11) is 0. The third kappa shape index (κ3) is 2.50. The fourth-order valence-electron chi connectivity index (χ4n) is 1.95. The first-order valence-electron chi connectivity index (χ1n) is 6.13. The Morgan fingerprint density at radius 1 is 1.25 bits per heavy atom. The van der Waals surface area contributed by atoms with Crippen LogP contribution < -0.4 is 10.2 Å². The molecule has 0 radical (unpaired) electrons. The molecule has 3 rings (SSSR count). The van der Waals surface area contributed by atoms with Gasteiger partial charge in [-0.1, -0.05) is 6.07 Å². The topological polar surface area (TPSA) is 58.6 Å². The Kier molecular flexibility index (Phi) is 3.39. The maximum Gasteiger partial charge on any atom is 0.414 e. The van der Waals surface area contributed by atoms with E-state index in [2.05, 4.69) is 5.32 Å². The molecule has 1 aliphatic heterocycles. The number of carbonyl (C=O) groups is 2. The number of cyclic esters (lactones) is 1. The summed E-state index contributed by atoms with van der Waals surface area (Å²) < 4.78 is 4.88. The lowest BCUT2D eigenvalue weighted by molar-refractivity contribution is 0.103. The molecule has 1 saturated heterocycles. The summed E-state index contributed by atoms with van der Waals surface area (Å²) in [4.78, 5) is 25.5. The van der Waals surface area contributed by atoms with E-state index in [9.17, 15) is 9.59 Å². The van der Waals surface area contributed by atoms with Crippen LogP contribution in [-0.2, 0) is 4.74 Å². The van der Waals surface area contributed by atoms with E-state index in [0.29, 0.717) is 23.7 Å². The van der Waals surface area contributed by atoms with E-state index in [1.807, 2.05) is 11.4 Å². The van der Waals surface area contributed by atoms with Gasteiger partial charge in [0.1, 0.15) is 6.61 Å². The molecule has 2 amide bonds. The minimum atomic E-state index is -0.333. The fraction of sp³-hybridized carbons (Fsp3) is 0.143. The van der Waals surface area contributed by atoms with Crippen molar-refractivity contribution in [3.8, 4) is 0 Å². The lowest BCUT2D eigenvalue weighted by Crippen LogP contribution is -2.23. The second-order valence-corrected chi connectivity index (χ2v) is 5.19. The van der Waals surface area contributed by atoms with E-state index in [0.717, 1.165) is 5.69 Å². The van der Waals surface area contributed by atoms with E-state index in [4.69, 9.17) is 4.74 Å². The van der Waals surface area contributed by atoms with Gasteiger partial charge in [-0.25, -0.2) is 4.79 Å². The molecular weight excluding hydrogens is 276 g/mol. The van der Waals surface area contributed by atoms with Crippen molar-refractivity contribution in [3.05, 3.63) is 46.7 Å². The van der Waals surface area contributed by atoms with Gasteiger partial charge in [-0.3, -0.25) is 9.69 Å². The minimum Gasteiger partial charge on any atom is -0.447 e. The zero-order chi connectivity index (χ0) is 13.9. The van der Waals surface area contributed by atoms with Gasteiger partial charge < -0.3 is 10.1 Å². The van der Waals surface area contributed by atoms with Crippen LogP contribution in [0.5, 0.6) is 0 Å². The standard InChI is InChI=1S/C14H12N2O3S/c17-13(12-2-1-9-20-12)15-10-3-5-11(6-4-10)16-7-8-19-14(16)18/h1-6,9H,7-8H2,(H,15,17). The Hall–Kier alpha value is -2.34. The van der Waals surface area contributed by atoms with Crippen LogP contribution in [0.2, 0.25) is 0 Å². The summed E-state index contributed by atoms with van der Waals surface area (Å²) in [5.41, 5.74) is 1.46. The Morgan fingerprint density at radius 3 is 2.65 bits per heavy atom. The molecule has 0 unspecified atom stereocenters. The molecule has 2 aromatic rings. The second-order valence-electron chi connectivity index (χ2n) is 4.24. The van der Waals surface area contributed by atoms with Crippen LogP contribution in [0, 0.1) is 0 Å². The lowest BCUT2D eigenvalue weighted by Gasteiger charge is -2.13. The zero-order valence-corrected chi connectivity index (χ0v) is 11.4. The molecule has 1 N–H and O–H groups in total. The molecule has 1 aromatic heterocycles. The number of nitrogens with one attached hydrogen (secondary N) is 1. The Morgan fingerprint density at radius 2 is 2.05 bits per heavy atom. The number of anilines is 2. The fourth-order valence-corrected chi connectivity index (χ4v) is 2.57. The Bertz CT molecular complexity index is 622. The van der Waals surface area contributed by atoms with Gasteiger partial charge in [0.15, 0.2) is 0 Å². The van der Waals surface area contributed by atoms with E-state index >= 15 is 0 Å². The van der Waals surface area contributed by atoms with Crippen molar-refractivity contribution in [2.24, 2.45) is 0 Å². The number of benzene rings is 1. The summed E-state index contributed by atoms with van der Waals surface area (Å²) >= 11 is 1.39. The van der Waals surface area contributed by atoms with Crippen LogP contribution in [-0.4, -0.2) is 25.2 Å². The average Bonchev–Trinajstić information content (AvgIpc) is 3.11. The molecule has 5 nitrogen and oxygen atoms in total. The molecule has 1 aromatic carbocycles. The van der Waals surface area contributed by atoms with Crippen molar-refractivity contribution in [2.75, 3.05) is 23.4 Å². The number of ether oxygens (including phenoxy) is 1. The lowest BCUT2D eigenvalue weighted by atomic mass is 10.2. The molecule has 0 saturated carbocycles. The quantitative estimate of drug-likeness (QED) is 0.944. The summed E-state index contributed by atoms with van der Waals surface area (Å²) in [5, 5.41) is 4.67. The highest BCUT2D eigenvalue weighted by atomic mass is 32.1. The molecule has 6 heteroatoms. The van der Waals surface area contributed by atoms with Gasteiger partial charge in [0.25, 0.3) is 5.91 Å². The molecule has 20 heavy (non-hydrogen) atoms. The third-order valence-corrected chi connectivity index (χ3v) is 3.81. The number of hydrogen-bond donors (Lipinski definition) is 1. The Balaban J connectivity index is 1.70. The highest BCUT2D eigenvalue weighted by molar-refractivity contribution is 7.12. The van der Waals surface area contributed by atoms with Crippen molar-refractivity contribution >= 4 is 34.7 Å². The van der Waals surface area contributed by atoms with Gasteiger partial charge in [-0.05, 0) is 35.7 Å². The van der Waals surface area contributed by atoms with Crippen LogP contribution in [0.3, 0.4) is 0 Å². The first kappa shape index (κ1) is 12.7. The number of nitrogens with zero attached hydrogens (tertiary/aromatic N) is 1. The van der Waals surface area contributed by atoms with Crippen molar-refractivity contribution in [2.45, 2.75) is 0 Å². The first-order chi connectivity index (χ1) is 9.74. The molecule has 1 fully saturated rings. The average molecular weight is 288 g/mol. The summed E-state index contributed by atoms with van der Waals surface area (Å²) in [6.07, 6.45) is -0.333. The molecule has 0 bridgehead atoms. The molecule has 0 aliphatic carbocycles. The summed E-state index contributed by atoms with van der Waals surface area (Å²) in [6, 6.07) is 10.7. The number of thiophene rings is 1. The maximum absolute atomic E-state index is 11.9. The summed E-state index contributed by atoms with van der Waals surface area (Å²) in [6.45, 7) is 0.968. The van der Waals surface area contributed by atoms with Crippen LogP contribution in [0.4, 0.5) is 16.2 Å².